The van der Waals surface area contributed by atoms with Crippen LogP contribution in [0.4, 0.5) is 0 Å². The quantitative estimate of drug-likeness (QED) is 0.745. The smallest absolute Gasteiger partial charge is 0.0831 e. The van der Waals surface area contributed by atoms with E-state index in [-0.39, 0.29) is 0 Å². The topological polar surface area (TPSA) is 9.23 Å². The van der Waals surface area contributed by atoms with Crippen molar-refractivity contribution >= 4 is 0 Å². The Kier molecular flexibility index (Phi) is 1.87. The Hall–Kier alpha value is -1.34. The van der Waals surface area contributed by atoms with Gasteiger partial charge in [-0.05, 0) is 35.7 Å². The molecule has 0 aromatic heterocycles. The van der Waals surface area contributed by atoms with E-state index in [1.807, 2.05) is 0 Å². The van der Waals surface area contributed by atoms with Gasteiger partial charge in [-0.1, -0.05) is 54.6 Å². The molecule has 1 spiro atoms. The van der Waals surface area contributed by atoms with Crippen LogP contribution in [-0.4, -0.2) is 6.10 Å². The zero-order valence-corrected chi connectivity index (χ0v) is 10.9. The maximum atomic E-state index is 6.28. The molecule has 0 N–H and O–H groups in total. The lowest BCUT2D eigenvalue weighted by molar-refractivity contribution is 0.0105. The highest BCUT2D eigenvalue weighted by Gasteiger charge is 2.78. The van der Waals surface area contributed by atoms with Crippen LogP contribution in [0, 0.1) is 29.1 Å². The molecule has 0 amide bonds. The number of hydrogen-bond acceptors (Lipinski definition) is 1. The van der Waals surface area contributed by atoms with E-state index in [0.29, 0.717) is 11.5 Å². The molecule has 2 saturated carbocycles. The summed E-state index contributed by atoms with van der Waals surface area (Å²) in [5, 5.41) is 0. The molecule has 1 nitrogen and oxygen atoms in total. The fraction of sp³-hybridized carbons (Fsp3) is 0.444. The third kappa shape index (κ3) is 1.16. The number of rotatable bonds is 3. The molecule has 2 fully saturated rings. The van der Waals surface area contributed by atoms with Gasteiger partial charge in [-0.2, -0.15) is 0 Å². The van der Waals surface area contributed by atoms with E-state index in [9.17, 15) is 0 Å². The molecule has 4 aliphatic carbocycles. The largest absolute Gasteiger partial charge is 0.369 e. The van der Waals surface area contributed by atoms with E-state index in [4.69, 9.17) is 4.74 Å². The van der Waals surface area contributed by atoms with Gasteiger partial charge in [-0.15, -0.1) is 0 Å². The average molecular weight is 250 g/mol. The maximum absolute atomic E-state index is 6.28. The summed E-state index contributed by atoms with van der Waals surface area (Å²) in [6, 6.07) is 10.5. The molecule has 0 saturated heterocycles. The van der Waals surface area contributed by atoms with Crippen molar-refractivity contribution in [3.05, 3.63) is 60.2 Å². The van der Waals surface area contributed by atoms with Crippen LogP contribution in [-0.2, 0) is 11.3 Å². The van der Waals surface area contributed by atoms with Crippen LogP contribution < -0.4 is 0 Å². The van der Waals surface area contributed by atoms with Crippen LogP contribution in [0.5, 0.6) is 0 Å². The molecule has 5 rings (SSSR count). The lowest BCUT2D eigenvalue weighted by atomic mass is 9.85. The van der Waals surface area contributed by atoms with Gasteiger partial charge in [0, 0.05) is 5.41 Å². The second-order valence-electron chi connectivity index (χ2n) is 6.54. The zero-order chi connectivity index (χ0) is 12.4. The summed E-state index contributed by atoms with van der Waals surface area (Å²) < 4.78 is 6.28. The minimum atomic E-state index is 0.350. The van der Waals surface area contributed by atoms with Gasteiger partial charge >= 0.3 is 0 Å². The third-order valence-corrected chi connectivity index (χ3v) is 5.91. The molecule has 1 aromatic carbocycles. The van der Waals surface area contributed by atoms with Crippen molar-refractivity contribution in [3.8, 4) is 0 Å². The fourth-order valence-corrected chi connectivity index (χ4v) is 5.21. The molecule has 19 heavy (non-hydrogen) atoms. The number of benzene rings is 1. The Morgan fingerprint density at radius 2 is 1.95 bits per heavy atom. The van der Waals surface area contributed by atoms with Crippen LogP contribution in [0.15, 0.2) is 54.6 Å². The van der Waals surface area contributed by atoms with E-state index in [1.165, 1.54) is 12.0 Å². The van der Waals surface area contributed by atoms with Crippen LogP contribution in [0.1, 0.15) is 12.0 Å². The standard InChI is InChI=1S/C18H18O/c1-2-4-12(5-3-1)11-19-16-9-8-15-17-13-6-7-14(10-13)18(15,16)17/h1-9,13-17H,10-11H2/t13?,14?,15?,16-,17-,18-/m1/s1. The summed E-state index contributed by atoms with van der Waals surface area (Å²) in [5.41, 5.74) is 1.75. The second-order valence-corrected chi connectivity index (χ2v) is 6.54. The van der Waals surface area contributed by atoms with Gasteiger partial charge in [0.1, 0.15) is 0 Å². The number of allylic oxidation sites excluding steroid dienone is 3. The first-order valence-electron chi connectivity index (χ1n) is 7.43. The summed E-state index contributed by atoms with van der Waals surface area (Å²) in [6.45, 7) is 0.748. The van der Waals surface area contributed by atoms with Crippen molar-refractivity contribution in [1.29, 1.82) is 0 Å². The van der Waals surface area contributed by atoms with E-state index >= 15 is 0 Å². The maximum Gasteiger partial charge on any atom is 0.0831 e. The number of hydrogen-bond donors (Lipinski definition) is 0. The first-order chi connectivity index (χ1) is 9.40. The molecule has 4 aliphatic rings. The van der Waals surface area contributed by atoms with Crippen molar-refractivity contribution in [2.75, 3.05) is 0 Å². The van der Waals surface area contributed by atoms with E-state index in [1.54, 1.807) is 0 Å². The van der Waals surface area contributed by atoms with E-state index in [2.05, 4.69) is 54.6 Å². The zero-order valence-electron chi connectivity index (χ0n) is 10.9. The molecule has 6 atom stereocenters. The van der Waals surface area contributed by atoms with Gasteiger partial charge in [0.05, 0.1) is 12.7 Å². The van der Waals surface area contributed by atoms with Crippen LogP contribution in [0.25, 0.3) is 0 Å². The van der Waals surface area contributed by atoms with E-state index < -0.39 is 0 Å². The van der Waals surface area contributed by atoms with Crippen molar-refractivity contribution in [2.45, 2.75) is 19.1 Å². The second kappa shape index (κ2) is 3.40. The molecule has 1 heteroatoms. The van der Waals surface area contributed by atoms with Crippen molar-refractivity contribution in [1.82, 2.24) is 0 Å². The summed E-state index contributed by atoms with van der Waals surface area (Å²) in [4.78, 5) is 0. The minimum Gasteiger partial charge on any atom is -0.369 e. The Balaban J connectivity index is 1.37. The summed E-state index contributed by atoms with van der Waals surface area (Å²) in [5.74, 6) is 3.34. The Morgan fingerprint density at radius 1 is 1.05 bits per heavy atom. The van der Waals surface area contributed by atoms with Gasteiger partial charge < -0.3 is 4.74 Å². The number of fused-ring (bicyclic) bond motifs is 4. The van der Waals surface area contributed by atoms with Crippen LogP contribution >= 0.6 is 0 Å². The predicted molar refractivity (Wildman–Crippen MR) is 74.3 cm³/mol. The first kappa shape index (κ1) is 10.4. The average Bonchev–Trinajstić information content (AvgIpc) is 2.84. The third-order valence-electron chi connectivity index (χ3n) is 5.91. The summed E-state index contributed by atoms with van der Waals surface area (Å²) in [7, 11) is 0. The van der Waals surface area contributed by atoms with Crippen molar-refractivity contribution in [2.24, 2.45) is 29.1 Å². The van der Waals surface area contributed by atoms with Gasteiger partial charge in [0.25, 0.3) is 0 Å². The molecule has 96 valence electrons. The van der Waals surface area contributed by atoms with E-state index in [0.717, 1.165) is 30.3 Å². The van der Waals surface area contributed by atoms with Gasteiger partial charge in [-0.25, -0.2) is 0 Å². The molecule has 2 bridgehead atoms. The van der Waals surface area contributed by atoms with Crippen LogP contribution in [0.2, 0.25) is 0 Å². The Morgan fingerprint density at radius 3 is 2.84 bits per heavy atom. The highest BCUT2D eigenvalue weighted by molar-refractivity contribution is 5.42. The molecular formula is C18H18O. The summed E-state index contributed by atoms with van der Waals surface area (Å²) in [6.07, 6.45) is 11.4. The highest BCUT2D eigenvalue weighted by atomic mass is 16.5. The Labute approximate surface area is 114 Å². The monoisotopic (exact) mass is 250 g/mol. The molecular weight excluding hydrogens is 232 g/mol. The van der Waals surface area contributed by atoms with Crippen LogP contribution in [0.3, 0.4) is 0 Å². The lowest BCUT2D eigenvalue weighted by Crippen LogP contribution is -2.28. The number of ether oxygens (including phenoxy) is 1. The van der Waals surface area contributed by atoms with Gasteiger partial charge in [0.2, 0.25) is 0 Å². The van der Waals surface area contributed by atoms with Gasteiger partial charge in [0.15, 0.2) is 0 Å². The fourth-order valence-electron chi connectivity index (χ4n) is 5.21. The normalized spacial score (nSPS) is 47.5. The lowest BCUT2D eigenvalue weighted by Gasteiger charge is -2.27. The molecule has 0 radical (unpaired) electrons. The Bertz CT molecular complexity index is 573. The molecule has 0 aliphatic heterocycles. The van der Waals surface area contributed by atoms with Crippen molar-refractivity contribution < 1.29 is 4.74 Å². The molecule has 1 aromatic rings. The SMILES string of the molecule is C1=CC2CC1[C@@H]1C3C=C[C@@H](OCc4ccccc4)[C@@]231. The first-order valence-corrected chi connectivity index (χ1v) is 7.43. The summed E-state index contributed by atoms with van der Waals surface area (Å²) >= 11 is 0. The highest BCUT2D eigenvalue weighted by Crippen LogP contribution is 2.80. The predicted octanol–water partition coefficient (Wildman–Crippen LogP) is 3.58. The van der Waals surface area contributed by atoms with Gasteiger partial charge in [-0.3, -0.25) is 0 Å². The minimum absolute atomic E-state index is 0.350. The van der Waals surface area contributed by atoms with Crippen molar-refractivity contribution in [3.63, 3.8) is 0 Å². The molecule has 0 heterocycles. The molecule has 3 unspecified atom stereocenters.